The lowest BCUT2D eigenvalue weighted by atomic mass is 10.1. The molecule has 0 radical (unpaired) electrons. The topological polar surface area (TPSA) is 43.8 Å². The van der Waals surface area contributed by atoms with E-state index in [1.54, 1.807) is 24.5 Å². The first-order valence-corrected chi connectivity index (χ1v) is 11.4. The summed E-state index contributed by atoms with van der Waals surface area (Å²) in [5.41, 5.74) is 2.74. The number of ether oxygens (including phenoxy) is 3. The van der Waals surface area contributed by atoms with Crippen LogP contribution in [0, 0.1) is 5.82 Å². The van der Waals surface area contributed by atoms with Crippen molar-refractivity contribution in [2.75, 3.05) is 46.6 Å². The maximum Gasteiger partial charge on any atom is 0.123 e. The number of aromatic nitrogens is 1. The number of hydrogen-bond acceptors (Lipinski definition) is 6. The van der Waals surface area contributed by atoms with Crippen LogP contribution in [0.25, 0.3) is 11.3 Å². The highest BCUT2D eigenvalue weighted by atomic mass is 32.1. The highest BCUT2D eigenvalue weighted by Gasteiger charge is 2.11. The van der Waals surface area contributed by atoms with Crippen LogP contribution in [0.1, 0.15) is 17.0 Å². The van der Waals surface area contributed by atoms with E-state index < -0.39 is 0 Å². The fourth-order valence-corrected chi connectivity index (χ4v) is 4.42. The molecule has 0 aliphatic carbocycles. The van der Waals surface area contributed by atoms with Crippen molar-refractivity contribution in [1.29, 1.82) is 0 Å². The SMILES string of the molecule is COc1ccc(F)cc1Cc1nc(-c2ccc(OCCCN3CCOCC3)cc2)cs1. The van der Waals surface area contributed by atoms with Gasteiger partial charge in [-0.25, -0.2) is 9.37 Å². The zero-order chi connectivity index (χ0) is 21.5. The van der Waals surface area contributed by atoms with Crippen molar-refractivity contribution in [1.82, 2.24) is 9.88 Å². The van der Waals surface area contributed by atoms with E-state index in [0.29, 0.717) is 18.8 Å². The van der Waals surface area contributed by atoms with E-state index in [2.05, 4.69) is 4.90 Å². The van der Waals surface area contributed by atoms with Crippen LogP contribution in [0.5, 0.6) is 11.5 Å². The van der Waals surface area contributed by atoms with Crippen LogP contribution in [-0.2, 0) is 11.2 Å². The quantitative estimate of drug-likeness (QED) is 0.452. The van der Waals surface area contributed by atoms with Gasteiger partial charge in [-0.1, -0.05) is 0 Å². The molecule has 0 bridgehead atoms. The highest BCUT2D eigenvalue weighted by molar-refractivity contribution is 7.10. The molecule has 1 fully saturated rings. The summed E-state index contributed by atoms with van der Waals surface area (Å²) in [4.78, 5) is 7.13. The number of nitrogens with zero attached hydrogens (tertiary/aromatic N) is 2. The molecule has 0 spiro atoms. The average Bonchev–Trinajstić information content (AvgIpc) is 3.26. The highest BCUT2D eigenvalue weighted by Crippen LogP contribution is 2.28. The fraction of sp³-hybridized carbons (Fsp3) is 0.375. The third kappa shape index (κ3) is 6.03. The zero-order valence-corrected chi connectivity index (χ0v) is 18.5. The zero-order valence-electron chi connectivity index (χ0n) is 17.7. The molecule has 31 heavy (non-hydrogen) atoms. The van der Waals surface area contributed by atoms with Crippen molar-refractivity contribution in [3.05, 3.63) is 64.2 Å². The Morgan fingerprint density at radius 1 is 1.13 bits per heavy atom. The first-order chi connectivity index (χ1) is 15.2. The molecule has 3 aromatic rings. The van der Waals surface area contributed by atoms with Crippen molar-refractivity contribution < 1.29 is 18.6 Å². The molecule has 0 N–H and O–H groups in total. The van der Waals surface area contributed by atoms with Crippen molar-refractivity contribution in [2.45, 2.75) is 12.8 Å². The van der Waals surface area contributed by atoms with Gasteiger partial charge in [-0.05, 0) is 48.9 Å². The predicted octanol–water partition coefficient (Wildman–Crippen LogP) is 4.65. The minimum atomic E-state index is -0.270. The minimum absolute atomic E-state index is 0.270. The summed E-state index contributed by atoms with van der Waals surface area (Å²) in [6.07, 6.45) is 1.54. The number of benzene rings is 2. The normalized spacial score (nSPS) is 14.5. The lowest BCUT2D eigenvalue weighted by Gasteiger charge is -2.26. The van der Waals surface area contributed by atoms with Gasteiger partial charge in [0, 0.05) is 42.6 Å². The Morgan fingerprint density at radius 3 is 2.71 bits per heavy atom. The first-order valence-electron chi connectivity index (χ1n) is 10.5. The van der Waals surface area contributed by atoms with Crippen molar-refractivity contribution in [2.24, 2.45) is 0 Å². The summed E-state index contributed by atoms with van der Waals surface area (Å²) in [5, 5.41) is 2.95. The monoisotopic (exact) mass is 442 g/mol. The maximum absolute atomic E-state index is 13.6. The molecule has 0 saturated carbocycles. The number of thiazole rings is 1. The van der Waals surface area contributed by atoms with Gasteiger partial charge in [-0.3, -0.25) is 4.90 Å². The number of halogens is 1. The van der Waals surface area contributed by atoms with Crippen LogP contribution in [-0.4, -0.2) is 56.4 Å². The molecule has 164 valence electrons. The molecule has 7 heteroatoms. The van der Waals surface area contributed by atoms with E-state index in [-0.39, 0.29) is 5.82 Å². The van der Waals surface area contributed by atoms with Gasteiger partial charge in [0.25, 0.3) is 0 Å². The van der Waals surface area contributed by atoms with Crippen molar-refractivity contribution >= 4 is 11.3 Å². The Labute approximate surface area is 186 Å². The molecule has 4 rings (SSSR count). The second kappa shape index (κ2) is 10.7. The molecule has 0 atom stereocenters. The summed E-state index contributed by atoms with van der Waals surface area (Å²) in [5.74, 6) is 1.27. The van der Waals surface area contributed by atoms with Gasteiger partial charge in [-0.15, -0.1) is 11.3 Å². The summed E-state index contributed by atoms with van der Waals surface area (Å²) in [6.45, 7) is 5.42. The molecule has 0 unspecified atom stereocenters. The van der Waals surface area contributed by atoms with Crippen LogP contribution < -0.4 is 9.47 Å². The standard InChI is InChI=1S/C24H27FN2O3S/c1-28-23-8-5-20(25)15-19(23)16-24-26-22(17-31-24)18-3-6-21(7-4-18)30-12-2-9-27-10-13-29-14-11-27/h3-8,15,17H,2,9-14,16H2,1H3. The summed E-state index contributed by atoms with van der Waals surface area (Å²) in [7, 11) is 1.59. The number of hydrogen-bond donors (Lipinski definition) is 0. The van der Waals surface area contributed by atoms with Gasteiger partial charge in [0.2, 0.25) is 0 Å². The van der Waals surface area contributed by atoms with E-state index in [1.807, 2.05) is 29.6 Å². The number of morpholine rings is 1. The minimum Gasteiger partial charge on any atom is -0.496 e. The molecule has 1 saturated heterocycles. The summed E-state index contributed by atoms with van der Waals surface area (Å²) in [6, 6.07) is 12.6. The lowest BCUT2D eigenvalue weighted by Crippen LogP contribution is -2.37. The van der Waals surface area contributed by atoms with Gasteiger partial charge < -0.3 is 14.2 Å². The van der Waals surface area contributed by atoms with Crippen LogP contribution in [0.2, 0.25) is 0 Å². The second-order valence-corrected chi connectivity index (χ2v) is 8.38. The van der Waals surface area contributed by atoms with Crippen LogP contribution in [0.3, 0.4) is 0 Å². The molecule has 1 aliphatic heterocycles. The van der Waals surface area contributed by atoms with Crippen LogP contribution >= 0.6 is 11.3 Å². The number of methoxy groups -OCH3 is 1. The molecular weight excluding hydrogens is 415 g/mol. The average molecular weight is 443 g/mol. The molecule has 1 aromatic heterocycles. The maximum atomic E-state index is 13.6. The smallest absolute Gasteiger partial charge is 0.123 e. The number of rotatable bonds is 9. The Hall–Kier alpha value is -2.48. The second-order valence-electron chi connectivity index (χ2n) is 7.44. The predicted molar refractivity (Wildman–Crippen MR) is 121 cm³/mol. The van der Waals surface area contributed by atoms with E-state index in [1.165, 1.54) is 12.1 Å². The third-order valence-corrected chi connectivity index (χ3v) is 6.13. The largest absolute Gasteiger partial charge is 0.496 e. The van der Waals surface area contributed by atoms with Crippen LogP contribution in [0.4, 0.5) is 4.39 Å². The van der Waals surface area contributed by atoms with E-state index in [9.17, 15) is 4.39 Å². The van der Waals surface area contributed by atoms with Gasteiger partial charge >= 0.3 is 0 Å². The lowest BCUT2D eigenvalue weighted by molar-refractivity contribution is 0.0358. The van der Waals surface area contributed by atoms with Crippen molar-refractivity contribution in [3.8, 4) is 22.8 Å². The Bertz CT molecular complexity index is 971. The van der Waals surface area contributed by atoms with E-state index >= 15 is 0 Å². The third-order valence-electron chi connectivity index (χ3n) is 5.28. The molecule has 2 heterocycles. The van der Waals surface area contributed by atoms with E-state index in [4.69, 9.17) is 19.2 Å². The first kappa shape index (κ1) is 21.7. The molecule has 5 nitrogen and oxygen atoms in total. The van der Waals surface area contributed by atoms with Gasteiger partial charge in [0.1, 0.15) is 17.3 Å². The molecule has 2 aromatic carbocycles. The fourth-order valence-electron chi connectivity index (χ4n) is 3.60. The molecule has 0 amide bonds. The van der Waals surface area contributed by atoms with Gasteiger partial charge in [0.05, 0.1) is 37.6 Å². The van der Waals surface area contributed by atoms with Gasteiger partial charge in [0.15, 0.2) is 0 Å². The van der Waals surface area contributed by atoms with E-state index in [0.717, 1.165) is 66.8 Å². The summed E-state index contributed by atoms with van der Waals surface area (Å²) >= 11 is 1.56. The van der Waals surface area contributed by atoms with Crippen molar-refractivity contribution in [3.63, 3.8) is 0 Å². The molecular formula is C24H27FN2O3S. The Morgan fingerprint density at radius 2 is 1.94 bits per heavy atom. The van der Waals surface area contributed by atoms with Gasteiger partial charge in [-0.2, -0.15) is 0 Å². The molecule has 1 aliphatic rings. The van der Waals surface area contributed by atoms with Crippen LogP contribution in [0.15, 0.2) is 47.8 Å². The Balaban J connectivity index is 1.30. The summed E-state index contributed by atoms with van der Waals surface area (Å²) < 4.78 is 30.2. The Kier molecular flexibility index (Phi) is 7.51.